The lowest BCUT2D eigenvalue weighted by atomic mass is 10.0. The van der Waals surface area contributed by atoms with Crippen LogP contribution in [0.5, 0.6) is 0 Å². The highest BCUT2D eigenvalue weighted by Gasteiger charge is 2.39. The summed E-state index contributed by atoms with van der Waals surface area (Å²) in [5.74, 6) is 0.114. The average molecular weight is 367 g/mol. The third kappa shape index (κ3) is 2.67. The summed E-state index contributed by atoms with van der Waals surface area (Å²) in [7, 11) is 1.66. The molecular weight excluding hydrogens is 351 g/mol. The van der Waals surface area contributed by atoms with E-state index < -0.39 is 11.7 Å². The Kier molecular flexibility index (Phi) is 3.35. The topological polar surface area (TPSA) is 30.7 Å². The van der Waals surface area contributed by atoms with Crippen LogP contribution in [0.3, 0.4) is 0 Å². The van der Waals surface area contributed by atoms with Crippen LogP contribution >= 0.6 is 0 Å². The quantitative estimate of drug-likeness (QED) is 0.456. The number of rotatable bonds is 2. The number of nitrogens with zero attached hydrogens (tertiary/aromatic N) is 3. The summed E-state index contributed by atoms with van der Waals surface area (Å²) >= 11 is 0. The van der Waals surface area contributed by atoms with Gasteiger partial charge in [-0.15, -0.1) is 0 Å². The summed E-state index contributed by atoms with van der Waals surface area (Å²) in [6.45, 7) is 0. The molecule has 0 amide bonds. The van der Waals surface area contributed by atoms with Gasteiger partial charge in [-0.25, -0.2) is 4.98 Å². The summed E-state index contributed by atoms with van der Waals surface area (Å²) in [5, 5.41) is 6.52. The standard InChI is InChI=1S/C21H16F3N3/c1-27-20-18(19(26-27)13-7-8-13)16(21(22,23)24)11-17(25-20)15-9-6-12-4-2-3-5-14(12)10-15/h2-6,9-11,13H,7-8H2,1H3. The zero-order chi connectivity index (χ0) is 18.8. The van der Waals surface area contributed by atoms with Crippen molar-refractivity contribution in [3.8, 4) is 11.3 Å². The number of alkyl halides is 3. The van der Waals surface area contributed by atoms with Crippen molar-refractivity contribution in [2.45, 2.75) is 24.9 Å². The fraction of sp³-hybridized carbons (Fsp3) is 0.238. The third-order valence-corrected chi connectivity index (χ3v) is 5.14. The van der Waals surface area contributed by atoms with E-state index >= 15 is 0 Å². The van der Waals surface area contributed by atoms with Gasteiger partial charge in [0.2, 0.25) is 0 Å². The monoisotopic (exact) mass is 367 g/mol. The summed E-state index contributed by atoms with van der Waals surface area (Å²) in [4.78, 5) is 4.56. The summed E-state index contributed by atoms with van der Waals surface area (Å²) in [6.07, 6.45) is -2.69. The van der Waals surface area contributed by atoms with E-state index in [0.29, 0.717) is 17.0 Å². The number of fused-ring (bicyclic) bond motifs is 2. The van der Waals surface area contributed by atoms with Crippen LogP contribution < -0.4 is 0 Å². The van der Waals surface area contributed by atoms with E-state index in [1.54, 1.807) is 7.05 Å². The van der Waals surface area contributed by atoms with Crippen molar-refractivity contribution in [2.75, 3.05) is 0 Å². The van der Waals surface area contributed by atoms with Crippen LogP contribution in [-0.4, -0.2) is 14.8 Å². The molecule has 0 bridgehead atoms. The molecule has 0 N–H and O–H groups in total. The molecule has 0 radical (unpaired) electrons. The second-order valence-corrected chi connectivity index (χ2v) is 7.10. The second kappa shape index (κ2) is 5.55. The number of aromatic nitrogens is 3. The van der Waals surface area contributed by atoms with Gasteiger partial charge in [0.1, 0.15) is 0 Å². The highest BCUT2D eigenvalue weighted by Crippen LogP contribution is 2.46. The van der Waals surface area contributed by atoms with Gasteiger partial charge in [-0.1, -0.05) is 36.4 Å². The van der Waals surface area contributed by atoms with Gasteiger partial charge in [-0.2, -0.15) is 18.3 Å². The molecule has 1 aliphatic carbocycles. The highest BCUT2D eigenvalue weighted by atomic mass is 19.4. The molecule has 4 aromatic rings. The van der Waals surface area contributed by atoms with Crippen molar-refractivity contribution in [1.82, 2.24) is 14.8 Å². The minimum Gasteiger partial charge on any atom is -0.250 e. The summed E-state index contributed by atoms with van der Waals surface area (Å²) in [5.41, 5.74) is 1.14. The van der Waals surface area contributed by atoms with Crippen LogP contribution in [0.1, 0.15) is 30.0 Å². The second-order valence-electron chi connectivity index (χ2n) is 7.10. The Balaban J connectivity index is 1.78. The number of halogens is 3. The van der Waals surface area contributed by atoms with Crippen molar-refractivity contribution < 1.29 is 13.2 Å². The Hall–Kier alpha value is -2.89. The number of aryl methyl sites for hydroxylation is 1. The van der Waals surface area contributed by atoms with Crippen LogP contribution in [0, 0.1) is 0 Å². The Morgan fingerprint density at radius 3 is 2.44 bits per heavy atom. The molecule has 0 saturated heterocycles. The van der Waals surface area contributed by atoms with Gasteiger partial charge >= 0.3 is 6.18 Å². The Labute approximate surface area is 153 Å². The minimum atomic E-state index is -4.46. The van der Waals surface area contributed by atoms with Crippen LogP contribution in [0.15, 0.2) is 48.5 Å². The predicted molar refractivity (Wildman–Crippen MR) is 98.4 cm³/mol. The first-order valence-electron chi connectivity index (χ1n) is 8.86. The van der Waals surface area contributed by atoms with E-state index in [1.807, 2.05) is 42.5 Å². The molecule has 0 spiro atoms. The predicted octanol–water partition coefficient (Wildman–Crippen LogP) is 5.68. The molecule has 1 aliphatic rings. The minimum absolute atomic E-state index is 0.114. The van der Waals surface area contributed by atoms with Crippen molar-refractivity contribution in [3.05, 3.63) is 59.8 Å². The van der Waals surface area contributed by atoms with Crippen molar-refractivity contribution in [3.63, 3.8) is 0 Å². The van der Waals surface area contributed by atoms with Crippen molar-refractivity contribution >= 4 is 21.8 Å². The van der Waals surface area contributed by atoms with Crippen LogP contribution in [0.2, 0.25) is 0 Å². The van der Waals surface area contributed by atoms with Gasteiger partial charge in [0, 0.05) is 18.5 Å². The first-order valence-corrected chi connectivity index (χ1v) is 8.86. The average Bonchev–Trinajstić information content (AvgIpc) is 3.44. The SMILES string of the molecule is Cn1nc(C2CC2)c2c(C(F)(F)F)cc(-c3ccc4ccccc4c3)nc21. The number of hydrogen-bond donors (Lipinski definition) is 0. The smallest absolute Gasteiger partial charge is 0.250 e. The normalized spacial score (nSPS) is 15.0. The third-order valence-electron chi connectivity index (χ3n) is 5.14. The van der Waals surface area contributed by atoms with Crippen LogP contribution in [-0.2, 0) is 13.2 Å². The Morgan fingerprint density at radius 2 is 1.74 bits per heavy atom. The molecular formula is C21H16F3N3. The zero-order valence-electron chi connectivity index (χ0n) is 14.6. The molecule has 2 aromatic heterocycles. The first kappa shape index (κ1) is 16.3. The Morgan fingerprint density at radius 1 is 1.00 bits per heavy atom. The van der Waals surface area contributed by atoms with Gasteiger partial charge in [-0.05, 0) is 35.7 Å². The fourth-order valence-electron chi connectivity index (χ4n) is 3.64. The van der Waals surface area contributed by atoms with Gasteiger partial charge in [0.15, 0.2) is 5.65 Å². The van der Waals surface area contributed by atoms with E-state index in [9.17, 15) is 13.2 Å². The number of pyridine rings is 1. The molecule has 2 heterocycles. The molecule has 0 aliphatic heterocycles. The lowest BCUT2D eigenvalue weighted by molar-refractivity contribution is -0.136. The molecule has 5 rings (SSSR count). The fourth-order valence-corrected chi connectivity index (χ4v) is 3.64. The van der Waals surface area contributed by atoms with E-state index in [1.165, 1.54) is 10.7 Å². The highest BCUT2D eigenvalue weighted by molar-refractivity contribution is 5.90. The molecule has 0 atom stereocenters. The van der Waals surface area contributed by atoms with Gasteiger partial charge < -0.3 is 0 Å². The van der Waals surface area contributed by atoms with Crippen molar-refractivity contribution in [1.29, 1.82) is 0 Å². The largest absolute Gasteiger partial charge is 0.417 e. The van der Waals surface area contributed by atoms with Crippen LogP contribution in [0.25, 0.3) is 33.1 Å². The van der Waals surface area contributed by atoms with E-state index in [4.69, 9.17) is 0 Å². The Bertz CT molecular complexity index is 1190. The zero-order valence-corrected chi connectivity index (χ0v) is 14.6. The first-order chi connectivity index (χ1) is 12.9. The van der Waals surface area contributed by atoms with Gasteiger partial charge in [0.25, 0.3) is 0 Å². The summed E-state index contributed by atoms with van der Waals surface area (Å²) in [6, 6.07) is 14.5. The number of hydrogen-bond acceptors (Lipinski definition) is 2. The van der Waals surface area contributed by atoms with E-state index in [-0.39, 0.29) is 17.0 Å². The van der Waals surface area contributed by atoms with Crippen LogP contribution in [0.4, 0.5) is 13.2 Å². The maximum atomic E-state index is 13.9. The molecule has 27 heavy (non-hydrogen) atoms. The molecule has 136 valence electrons. The van der Waals surface area contributed by atoms with E-state index in [2.05, 4.69) is 10.1 Å². The maximum absolute atomic E-state index is 13.9. The van der Waals surface area contributed by atoms with Gasteiger partial charge in [0.05, 0.1) is 22.3 Å². The van der Waals surface area contributed by atoms with Gasteiger partial charge in [-0.3, -0.25) is 4.68 Å². The molecule has 6 heteroatoms. The molecule has 0 unspecified atom stereocenters. The lowest BCUT2D eigenvalue weighted by Gasteiger charge is -2.12. The molecule has 2 aromatic carbocycles. The molecule has 1 saturated carbocycles. The molecule has 3 nitrogen and oxygen atoms in total. The lowest BCUT2D eigenvalue weighted by Crippen LogP contribution is -2.08. The number of benzene rings is 2. The van der Waals surface area contributed by atoms with E-state index in [0.717, 1.165) is 23.6 Å². The molecule has 1 fully saturated rings. The summed E-state index contributed by atoms with van der Waals surface area (Å²) < 4.78 is 43.1. The van der Waals surface area contributed by atoms with Crippen molar-refractivity contribution in [2.24, 2.45) is 7.05 Å². The maximum Gasteiger partial charge on any atom is 0.417 e.